The Kier molecular flexibility index (Phi) is 5.53. The number of hydrogen-bond donors (Lipinski definition) is 1. The third-order valence-electron chi connectivity index (χ3n) is 1.97. The van der Waals surface area contributed by atoms with E-state index in [1.165, 1.54) is 6.21 Å². The van der Waals surface area contributed by atoms with Crippen LogP contribution in [0.4, 0.5) is 0 Å². The van der Waals surface area contributed by atoms with Crippen LogP contribution in [0.25, 0.3) is 0 Å². The van der Waals surface area contributed by atoms with Crippen LogP contribution in [0.2, 0.25) is 0 Å². The highest BCUT2D eigenvalue weighted by atomic mass is 16.4. The quantitative estimate of drug-likeness (QED) is 0.541. The minimum atomic E-state index is -0.982. The molecule has 0 fully saturated rings. The summed E-state index contributed by atoms with van der Waals surface area (Å²) in [4.78, 5) is 14.7. The lowest BCUT2D eigenvalue weighted by Gasteiger charge is -2.00. The normalized spacial score (nSPS) is 12.8. The van der Waals surface area contributed by atoms with Crippen molar-refractivity contribution < 1.29 is 9.90 Å². The van der Waals surface area contributed by atoms with Crippen LogP contribution in [-0.4, -0.2) is 17.3 Å². The minimum Gasteiger partial charge on any atom is -0.477 e. The summed E-state index contributed by atoms with van der Waals surface area (Å²) >= 11 is 0. The van der Waals surface area contributed by atoms with E-state index in [1.807, 2.05) is 13.8 Å². The van der Waals surface area contributed by atoms with Crippen molar-refractivity contribution in [3.05, 3.63) is 23.4 Å². The standard InChI is InChI=1S/C11H17NO2/c1-5-8(3)7-12-10(11(13)14)9(4)6-2/h7H,3,5-6H2,1-2,4H3,(H,13,14)/b10-9+,12-7?. The maximum atomic E-state index is 10.8. The summed E-state index contributed by atoms with van der Waals surface area (Å²) in [5, 5.41) is 8.86. The van der Waals surface area contributed by atoms with Gasteiger partial charge in [-0.25, -0.2) is 9.79 Å². The number of nitrogens with zero attached hydrogens (tertiary/aromatic N) is 1. The molecule has 3 heteroatoms. The Morgan fingerprint density at radius 1 is 1.43 bits per heavy atom. The van der Waals surface area contributed by atoms with Crippen molar-refractivity contribution in [1.29, 1.82) is 0 Å². The molecule has 0 aromatic carbocycles. The average molecular weight is 195 g/mol. The van der Waals surface area contributed by atoms with E-state index in [-0.39, 0.29) is 5.70 Å². The van der Waals surface area contributed by atoms with Crippen molar-refractivity contribution in [3.63, 3.8) is 0 Å². The average Bonchev–Trinajstić information content (AvgIpc) is 2.16. The third-order valence-corrected chi connectivity index (χ3v) is 1.97. The number of aliphatic carboxylic acids is 1. The fourth-order valence-corrected chi connectivity index (χ4v) is 0.763. The van der Waals surface area contributed by atoms with Crippen molar-refractivity contribution in [1.82, 2.24) is 0 Å². The number of rotatable bonds is 5. The van der Waals surface area contributed by atoms with Crippen LogP contribution in [0.1, 0.15) is 33.6 Å². The molecule has 0 aliphatic carbocycles. The van der Waals surface area contributed by atoms with Gasteiger partial charge in [-0.1, -0.05) is 20.4 Å². The van der Waals surface area contributed by atoms with Gasteiger partial charge in [0.05, 0.1) is 0 Å². The highest BCUT2D eigenvalue weighted by molar-refractivity contribution is 5.91. The fraction of sp³-hybridized carbons (Fsp3) is 0.455. The first-order valence-electron chi connectivity index (χ1n) is 4.67. The maximum Gasteiger partial charge on any atom is 0.354 e. The van der Waals surface area contributed by atoms with Crippen LogP contribution in [-0.2, 0) is 4.79 Å². The monoisotopic (exact) mass is 195 g/mol. The van der Waals surface area contributed by atoms with Gasteiger partial charge in [0.25, 0.3) is 0 Å². The van der Waals surface area contributed by atoms with Gasteiger partial charge in [0.1, 0.15) is 5.70 Å². The first kappa shape index (κ1) is 12.6. The highest BCUT2D eigenvalue weighted by Crippen LogP contribution is 2.09. The highest BCUT2D eigenvalue weighted by Gasteiger charge is 2.07. The van der Waals surface area contributed by atoms with Crippen LogP contribution in [0, 0.1) is 0 Å². The molecule has 0 rings (SSSR count). The molecular formula is C11H17NO2. The summed E-state index contributed by atoms with van der Waals surface area (Å²) in [6, 6.07) is 0. The number of allylic oxidation sites excluding steroid dienone is 2. The molecule has 3 nitrogen and oxygen atoms in total. The van der Waals surface area contributed by atoms with Gasteiger partial charge in [0.2, 0.25) is 0 Å². The number of carbonyl (C=O) groups is 1. The van der Waals surface area contributed by atoms with Crippen LogP contribution in [0.5, 0.6) is 0 Å². The Morgan fingerprint density at radius 2 is 2.00 bits per heavy atom. The lowest BCUT2D eigenvalue weighted by molar-refractivity contribution is -0.132. The van der Waals surface area contributed by atoms with Crippen molar-refractivity contribution >= 4 is 12.2 Å². The zero-order valence-corrected chi connectivity index (χ0v) is 9.00. The van der Waals surface area contributed by atoms with E-state index in [0.29, 0.717) is 6.42 Å². The van der Waals surface area contributed by atoms with Gasteiger partial charge < -0.3 is 5.11 Å². The van der Waals surface area contributed by atoms with E-state index in [1.54, 1.807) is 6.92 Å². The summed E-state index contributed by atoms with van der Waals surface area (Å²) in [6.45, 7) is 9.35. The van der Waals surface area contributed by atoms with Gasteiger partial charge >= 0.3 is 5.97 Å². The van der Waals surface area contributed by atoms with Crippen molar-refractivity contribution in [2.75, 3.05) is 0 Å². The molecule has 0 amide bonds. The first-order valence-corrected chi connectivity index (χ1v) is 4.67. The molecule has 0 aliphatic rings. The Morgan fingerprint density at radius 3 is 2.36 bits per heavy atom. The van der Waals surface area contributed by atoms with Gasteiger partial charge in [-0.15, -0.1) is 0 Å². The number of aliphatic imine (C=N–C) groups is 1. The van der Waals surface area contributed by atoms with Crippen molar-refractivity contribution in [2.45, 2.75) is 33.6 Å². The number of carboxylic acid groups (broad SMARTS) is 1. The molecule has 0 atom stereocenters. The van der Waals surface area contributed by atoms with Crippen LogP contribution < -0.4 is 0 Å². The molecule has 0 spiro atoms. The van der Waals surface area contributed by atoms with Crippen LogP contribution in [0.15, 0.2) is 28.4 Å². The molecule has 0 saturated heterocycles. The Balaban J connectivity index is 4.81. The van der Waals surface area contributed by atoms with Gasteiger partial charge in [-0.05, 0) is 30.9 Å². The molecule has 0 saturated carbocycles. The van der Waals surface area contributed by atoms with Gasteiger partial charge in [0.15, 0.2) is 0 Å². The molecule has 0 aliphatic heterocycles. The summed E-state index contributed by atoms with van der Waals surface area (Å²) < 4.78 is 0. The zero-order valence-electron chi connectivity index (χ0n) is 9.00. The van der Waals surface area contributed by atoms with E-state index in [4.69, 9.17) is 5.11 Å². The molecular weight excluding hydrogens is 178 g/mol. The molecule has 0 unspecified atom stereocenters. The summed E-state index contributed by atoms with van der Waals surface area (Å²) in [7, 11) is 0. The lowest BCUT2D eigenvalue weighted by atomic mass is 10.2. The molecule has 0 aromatic heterocycles. The SMILES string of the molecule is C=C(C=N/C(C(=O)O)=C(\C)CC)CC. The molecule has 0 heterocycles. The Labute approximate surface area is 84.9 Å². The van der Waals surface area contributed by atoms with Crippen molar-refractivity contribution in [3.8, 4) is 0 Å². The van der Waals surface area contributed by atoms with E-state index >= 15 is 0 Å². The minimum absolute atomic E-state index is 0.127. The summed E-state index contributed by atoms with van der Waals surface area (Å²) in [5.74, 6) is -0.982. The summed E-state index contributed by atoms with van der Waals surface area (Å²) in [5.41, 5.74) is 1.73. The molecule has 1 N–H and O–H groups in total. The van der Waals surface area contributed by atoms with Crippen LogP contribution >= 0.6 is 0 Å². The molecule has 78 valence electrons. The first-order chi connectivity index (χ1) is 6.52. The molecule has 0 bridgehead atoms. The zero-order chi connectivity index (χ0) is 11.1. The van der Waals surface area contributed by atoms with Gasteiger partial charge in [-0.2, -0.15) is 0 Å². The largest absolute Gasteiger partial charge is 0.477 e. The predicted octanol–water partition coefficient (Wildman–Crippen LogP) is 2.79. The summed E-state index contributed by atoms with van der Waals surface area (Å²) in [6.07, 6.45) is 2.99. The van der Waals surface area contributed by atoms with E-state index in [0.717, 1.165) is 17.6 Å². The number of carboxylic acids is 1. The smallest absolute Gasteiger partial charge is 0.354 e. The second-order valence-corrected chi connectivity index (χ2v) is 3.06. The molecule has 0 radical (unpaired) electrons. The Bertz CT molecular complexity index is 288. The van der Waals surface area contributed by atoms with E-state index in [9.17, 15) is 4.79 Å². The Hall–Kier alpha value is -1.38. The maximum absolute atomic E-state index is 10.8. The molecule has 0 aromatic rings. The van der Waals surface area contributed by atoms with E-state index in [2.05, 4.69) is 11.6 Å². The predicted molar refractivity (Wildman–Crippen MR) is 58.5 cm³/mol. The second kappa shape index (κ2) is 6.13. The van der Waals surface area contributed by atoms with Crippen LogP contribution in [0.3, 0.4) is 0 Å². The van der Waals surface area contributed by atoms with Crippen molar-refractivity contribution in [2.24, 2.45) is 4.99 Å². The van der Waals surface area contributed by atoms with Gasteiger partial charge in [0, 0.05) is 6.21 Å². The van der Waals surface area contributed by atoms with E-state index < -0.39 is 5.97 Å². The topological polar surface area (TPSA) is 49.7 Å². The lowest BCUT2D eigenvalue weighted by Crippen LogP contribution is -2.01. The fourth-order valence-electron chi connectivity index (χ4n) is 0.763. The van der Waals surface area contributed by atoms with Gasteiger partial charge in [-0.3, -0.25) is 0 Å². The number of hydrogen-bond acceptors (Lipinski definition) is 2. The second-order valence-electron chi connectivity index (χ2n) is 3.06. The molecule has 14 heavy (non-hydrogen) atoms. The third kappa shape index (κ3) is 4.03.